The third-order valence-corrected chi connectivity index (χ3v) is 2.94. The summed E-state index contributed by atoms with van der Waals surface area (Å²) in [4.78, 5) is 20.2. The molecule has 0 aliphatic carbocycles. The van der Waals surface area contributed by atoms with E-state index in [9.17, 15) is 4.79 Å². The summed E-state index contributed by atoms with van der Waals surface area (Å²) in [5.74, 6) is 0.772. The number of hydrogen-bond acceptors (Lipinski definition) is 5. The minimum absolute atomic E-state index is 0.274. The molecule has 0 unspecified atom stereocenters. The molecule has 2 heterocycles. The summed E-state index contributed by atoms with van der Waals surface area (Å²) in [7, 11) is 1.80. The number of nitrogens with one attached hydrogen (secondary N) is 1. The second-order valence-corrected chi connectivity index (χ2v) is 4.53. The van der Waals surface area contributed by atoms with Crippen LogP contribution in [-0.2, 0) is 7.05 Å². The van der Waals surface area contributed by atoms with Crippen molar-refractivity contribution in [3.8, 4) is 11.4 Å². The summed E-state index contributed by atoms with van der Waals surface area (Å²) in [6.07, 6.45) is 2.87. The van der Waals surface area contributed by atoms with Gasteiger partial charge >= 0.3 is 0 Å². The zero-order chi connectivity index (χ0) is 14.8. The highest BCUT2D eigenvalue weighted by atomic mass is 16.3. The van der Waals surface area contributed by atoms with Gasteiger partial charge in [-0.05, 0) is 19.1 Å². The Kier molecular flexibility index (Phi) is 3.23. The first-order chi connectivity index (χ1) is 10.1. The molecule has 0 atom stereocenters. The highest BCUT2D eigenvalue weighted by Gasteiger charge is 2.14. The molecule has 0 saturated heterocycles. The van der Waals surface area contributed by atoms with E-state index in [1.165, 1.54) is 6.39 Å². The number of anilines is 1. The Bertz CT molecular complexity index is 790. The van der Waals surface area contributed by atoms with Crippen LogP contribution in [0.5, 0.6) is 0 Å². The van der Waals surface area contributed by atoms with Gasteiger partial charge in [-0.15, -0.1) is 0 Å². The van der Waals surface area contributed by atoms with Crippen molar-refractivity contribution in [1.29, 1.82) is 0 Å². The Hall–Kier alpha value is -2.96. The molecule has 1 N–H and O–H groups in total. The van der Waals surface area contributed by atoms with Crippen LogP contribution in [-0.4, -0.2) is 25.7 Å². The Morgan fingerprint density at radius 1 is 1.33 bits per heavy atom. The van der Waals surface area contributed by atoms with Crippen LogP contribution >= 0.6 is 0 Å². The van der Waals surface area contributed by atoms with Gasteiger partial charge in [0.25, 0.3) is 5.91 Å². The molecule has 21 heavy (non-hydrogen) atoms. The van der Waals surface area contributed by atoms with Crippen molar-refractivity contribution in [2.75, 3.05) is 5.32 Å². The number of aryl methyl sites for hydroxylation is 2. The van der Waals surface area contributed by atoms with Crippen molar-refractivity contribution in [2.24, 2.45) is 7.05 Å². The van der Waals surface area contributed by atoms with Gasteiger partial charge in [0.15, 0.2) is 17.9 Å². The second-order valence-electron chi connectivity index (χ2n) is 4.53. The molecule has 2 aromatic heterocycles. The molecule has 0 aliphatic rings. The summed E-state index contributed by atoms with van der Waals surface area (Å²) in [5, 5.41) is 7.01. The zero-order valence-corrected chi connectivity index (χ0v) is 11.6. The van der Waals surface area contributed by atoms with Crippen molar-refractivity contribution < 1.29 is 9.21 Å². The summed E-state index contributed by atoms with van der Waals surface area (Å²) in [6.45, 7) is 1.69. The number of hydrogen-bond donors (Lipinski definition) is 1. The average molecular weight is 283 g/mol. The fourth-order valence-corrected chi connectivity index (χ4v) is 1.92. The number of carbonyl (C=O) groups excluding carboxylic acids is 1. The molecule has 3 rings (SSSR count). The van der Waals surface area contributed by atoms with Crippen LogP contribution in [0.15, 0.2) is 41.4 Å². The van der Waals surface area contributed by atoms with E-state index in [2.05, 4.69) is 20.4 Å². The lowest BCUT2D eigenvalue weighted by Gasteiger charge is -2.05. The van der Waals surface area contributed by atoms with Gasteiger partial charge in [-0.25, -0.2) is 9.97 Å². The van der Waals surface area contributed by atoms with E-state index in [0.29, 0.717) is 17.3 Å². The lowest BCUT2D eigenvalue weighted by atomic mass is 10.2. The number of oxazole rings is 1. The highest BCUT2D eigenvalue weighted by Crippen LogP contribution is 2.19. The third kappa shape index (κ3) is 2.66. The van der Waals surface area contributed by atoms with Crippen LogP contribution in [0, 0.1) is 6.92 Å². The van der Waals surface area contributed by atoms with E-state index in [1.54, 1.807) is 31.0 Å². The van der Waals surface area contributed by atoms with Gasteiger partial charge in [-0.3, -0.25) is 9.48 Å². The summed E-state index contributed by atoms with van der Waals surface area (Å²) in [6, 6.07) is 7.31. The normalized spacial score (nSPS) is 10.6. The first-order valence-electron chi connectivity index (χ1n) is 6.31. The van der Waals surface area contributed by atoms with E-state index in [1.807, 2.05) is 18.2 Å². The van der Waals surface area contributed by atoms with Gasteiger partial charge in [0.1, 0.15) is 12.1 Å². The molecule has 106 valence electrons. The van der Waals surface area contributed by atoms with Crippen LogP contribution < -0.4 is 5.32 Å². The minimum atomic E-state index is -0.313. The molecule has 0 bridgehead atoms. The molecule has 0 fully saturated rings. The van der Waals surface area contributed by atoms with E-state index >= 15 is 0 Å². The number of aromatic nitrogens is 4. The Morgan fingerprint density at radius 2 is 2.19 bits per heavy atom. The summed E-state index contributed by atoms with van der Waals surface area (Å²) >= 11 is 0. The molecular weight excluding hydrogens is 270 g/mol. The van der Waals surface area contributed by atoms with Crippen molar-refractivity contribution in [3.05, 3.63) is 48.4 Å². The monoisotopic (exact) mass is 283 g/mol. The SMILES string of the molecule is Cc1ocnc1C(=O)Nc1cccc(-c2ncn(C)n2)c1. The van der Waals surface area contributed by atoms with Crippen molar-refractivity contribution >= 4 is 11.6 Å². The Balaban J connectivity index is 1.84. The fourth-order valence-electron chi connectivity index (χ4n) is 1.92. The maximum Gasteiger partial charge on any atom is 0.277 e. The fraction of sp³-hybridized carbons (Fsp3) is 0.143. The number of benzene rings is 1. The smallest absolute Gasteiger partial charge is 0.277 e. The van der Waals surface area contributed by atoms with Crippen LogP contribution in [0.3, 0.4) is 0 Å². The van der Waals surface area contributed by atoms with Gasteiger partial charge in [-0.2, -0.15) is 5.10 Å². The molecule has 3 aromatic rings. The summed E-state index contributed by atoms with van der Waals surface area (Å²) in [5.41, 5.74) is 1.74. The maximum absolute atomic E-state index is 12.1. The standard InChI is InChI=1S/C14H13N5O2/c1-9-12(16-8-21-9)14(20)17-11-5-3-4-10(6-11)13-15-7-19(2)18-13/h3-8H,1-2H3,(H,17,20). The topological polar surface area (TPSA) is 85.8 Å². The van der Waals surface area contributed by atoms with Gasteiger partial charge in [0.2, 0.25) is 0 Å². The Labute approximate surface area is 120 Å². The minimum Gasteiger partial charge on any atom is -0.448 e. The van der Waals surface area contributed by atoms with E-state index in [4.69, 9.17) is 4.42 Å². The molecule has 0 radical (unpaired) electrons. The maximum atomic E-state index is 12.1. The molecule has 7 nitrogen and oxygen atoms in total. The zero-order valence-electron chi connectivity index (χ0n) is 11.6. The number of carbonyl (C=O) groups is 1. The molecule has 0 aliphatic heterocycles. The van der Waals surface area contributed by atoms with Gasteiger partial charge in [-0.1, -0.05) is 12.1 Å². The number of nitrogens with zero attached hydrogens (tertiary/aromatic N) is 4. The van der Waals surface area contributed by atoms with E-state index in [0.717, 1.165) is 5.56 Å². The Morgan fingerprint density at radius 3 is 2.86 bits per heavy atom. The highest BCUT2D eigenvalue weighted by molar-refractivity contribution is 6.03. The second kappa shape index (κ2) is 5.20. The van der Waals surface area contributed by atoms with Crippen LogP contribution in [0.2, 0.25) is 0 Å². The number of rotatable bonds is 3. The van der Waals surface area contributed by atoms with Crippen LogP contribution in [0.1, 0.15) is 16.2 Å². The lowest BCUT2D eigenvalue weighted by molar-refractivity contribution is 0.102. The van der Waals surface area contributed by atoms with Crippen LogP contribution in [0.4, 0.5) is 5.69 Å². The number of amides is 1. The quantitative estimate of drug-likeness (QED) is 0.794. The van der Waals surface area contributed by atoms with Gasteiger partial charge in [0, 0.05) is 18.3 Å². The molecule has 0 spiro atoms. The van der Waals surface area contributed by atoms with Gasteiger partial charge < -0.3 is 9.73 Å². The third-order valence-electron chi connectivity index (χ3n) is 2.94. The van der Waals surface area contributed by atoms with Crippen molar-refractivity contribution in [3.63, 3.8) is 0 Å². The molecule has 1 amide bonds. The van der Waals surface area contributed by atoms with Crippen LogP contribution in [0.25, 0.3) is 11.4 Å². The van der Waals surface area contributed by atoms with Crippen molar-refractivity contribution in [1.82, 2.24) is 19.7 Å². The van der Waals surface area contributed by atoms with Crippen molar-refractivity contribution in [2.45, 2.75) is 6.92 Å². The lowest BCUT2D eigenvalue weighted by Crippen LogP contribution is -2.13. The van der Waals surface area contributed by atoms with Gasteiger partial charge in [0.05, 0.1) is 0 Å². The van der Waals surface area contributed by atoms with E-state index < -0.39 is 0 Å². The predicted octanol–water partition coefficient (Wildman–Crippen LogP) is 2.03. The predicted molar refractivity (Wildman–Crippen MR) is 75.6 cm³/mol. The molecule has 7 heteroatoms. The molecule has 1 aromatic carbocycles. The largest absolute Gasteiger partial charge is 0.448 e. The molecule has 0 saturated carbocycles. The average Bonchev–Trinajstić information content (AvgIpc) is 3.08. The van der Waals surface area contributed by atoms with E-state index in [-0.39, 0.29) is 11.6 Å². The first kappa shape index (κ1) is 13.0. The molecular formula is C14H13N5O2. The first-order valence-corrected chi connectivity index (χ1v) is 6.31. The summed E-state index contributed by atoms with van der Waals surface area (Å²) < 4.78 is 6.65.